The maximum atomic E-state index is 11.9. The summed E-state index contributed by atoms with van der Waals surface area (Å²) in [7, 11) is 0. The van der Waals surface area contributed by atoms with Gasteiger partial charge in [-0.3, -0.25) is 9.69 Å². The van der Waals surface area contributed by atoms with Crippen LogP contribution in [-0.4, -0.2) is 55.0 Å². The number of hydrogen-bond acceptors (Lipinski definition) is 4. The van der Waals surface area contributed by atoms with Gasteiger partial charge in [-0.1, -0.05) is 0 Å². The molecule has 1 spiro atoms. The second-order valence-corrected chi connectivity index (χ2v) is 5.29. The summed E-state index contributed by atoms with van der Waals surface area (Å²) >= 11 is 0. The number of ether oxygens (including phenoxy) is 2. The van der Waals surface area contributed by atoms with Crippen molar-refractivity contribution in [2.24, 2.45) is 0 Å². The summed E-state index contributed by atoms with van der Waals surface area (Å²) in [6.45, 7) is 4.91. The van der Waals surface area contributed by atoms with E-state index < -0.39 is 5.79 Å². The molecule has 0 radical (unpaired) electrons. The Morgan fingerprint density at radius 2 is 2.12 bits per heavy atom. The molecular weight excluding hydrogens is 220 g/mol. The lowest BCUT2D eigenvalue weighted by Gasteiger charge is -2.26. The fraction of sp³-hybridized carbons (Fsp3) is 0.917. The van der Waals surface area contributed by atoms with E-state index in [9.17, 15) is 4.79 Å². The molecule has 0 aromatic carbocycles. The number of amides is 1. The zero-order valence-corrected chi connectivity index (χ0v) is 10.3. The van der Waals surface area contributed by atoms with Crippen LogP contribution in [0.1, 0.15) is 26.2 Å². The fourth-order valence-electron chi connectivity index (χ4n) is 2.56. The molecule has 3 fully saturated rings. The molecule has 1 N–H and O–H groups in total. The Hall–Kier alpha value is -0.650. The minimum atomic E-state index is -0.422. The third kappa shape index (κ3) is 2.32. The summed E-state index contributed by atoms with van der Waals surface area (Å²) in [5.41, 5.74) is 0. The van der Waals surface area contributed by atoms with Gasteiger partial charge in [0.15, 0.2) is 5.79 Å². The molecule has 5 heteroatoms. The van der Waals surface area contributed by atoms with Gasteiger partial charge < -0.3 is 14.8 Å². The van der Waals surface area contributed by atoms with Gasteiger partial charge in [-0.2, -0.15) is 0 Å². The number of nitrogens with one attached hydrogen (secondary N) is 1. The van der Waals surface area contributed by atoms with Crippen LogP contribution in [-0.2, 0) is 14.3 Å². The average Bonchev–Trinajstić information content (AvgIpc) is 2.89. The lowest BCUT2D eigenvalue weighted by molar-refractivity contribution is -0.148. The zero-order valence-electron chi connectivity index (χ0n) is 10.3. The van der Waals surface area contributed by atoms with Gasteiger partial charge in [-0.05, 0) is 19.8 Å². The Bertz CT molecular complexity index is 311. The van der Waals surface area contributed by atoms with E-state index in [0.717, 1.165) is 25.8 Å². The standard InChI is InChI=1S/C12H20N2O3/c1-9(11(15)13-10-2-3-10)14-5-4-12(8-14)16-6-7-17-12/h9-10H,2-8H2,1H3,(H,13,15). The third-order valence-corrected chi connectivity index (χ3v) is 3.89. The topological polar surface area (TPSA) is 50.8 Å². The van der Waals surface area contributed by atoms with E-state index in [1.54, 1.807) is 0 Å². The van der Waals surface area contributed by atoms with Gasteiger partial charge in [-0.25, -0.2) is 0 Å². The van der Waals surface area contributed by atoms with Crippen LogP contribution in [0.3, 0.4) is 0 Å². The van der Waals surface area contributed by atoms with E-state index >= 15 is 0 Å². The first-order valence-corrected chi connectivity index (χ1v) is 6.51. The van der Waals surface area contributed by atoms with Crippen molar-refractivity contribution in [1.82, 2.24) is 10.2 Å². The van der Waals surface area contributed by atoms with Crippen LogP contribution >= 0.6 is 0 Å². The van der Waals surface area contributed by atoms with Crippen LogP contribution < -0.4 is 5.32 Å². The second-order valence-electron chi connectivity index (χ2n) is 5.29. The van der Waals surface area contributed by atoms with Crippen molar-refractivity contribution >= 4 is 5.91 Å². The smallest absolute Gasteiger partial charge is 0.237 e. The van der Waals surface area contributed by atoms with E-state index in [1.165, 1.54) is 0 Å². The summed E-state index contributed by atoms with van der Waals surface area (Å²) in [6.07, 6.45) is 3.14. The number of carbonyl (C=O) groups is 1. The SMILES string of the molecule is CC(C(=O)NC1CC1)N1CCC2(C1)OCCO2. The molecule has 3 rings (SSSR count). The van der Waals surface area contributed by atoms with Crippen LogP contribution in [0.5, 0.6) is 0 Å². The van der Waals surface area contributed by atoms with Crippen LogP contribution in [0, 0.1) is 0 Å². The molecule has 1 amide bonds. The molecule has 2 heterocycles. The van der Waals surface area contributed by atoms with Crippen molar-refractivity contribution in [2.75, 3.05) is 26.3 Å². The Morgan fingerprint density at radius 3 is 2.76 bits per heavy atom. The predicted octanol–water partition coefficient (Wildman–Crippen LogP) is 0.102. The van der Waals surface area contributed by atoms with Crippen molar-refractivity contribution < 1.29 is 14.3 Å². The van der Waals surface area contributed by atoms with E-state index in [0.29, 0.717) is 25.8 Å². The number of nitrogens with zero attached hydrogens (tertiary/aromatic N) is 1. The van der Waals surface area contributed by atoms with Crippen molar-refractivity contribution in [3.05, 3.63) is 0 Å². The highest BCUT2D eigenvalue weighted by atomic mass is 16.7. The predicted molar refractivity (Wildman–Crippen MR) is 61.5 cm³/mol. The highest BCUT2D eigenvalue weighted by Crippen LogP contribution is 2.31. The Kier molecular flexibility index (Phi) is 2.84. The summed E-state index contributed by atoms with van der Waals surface area (Å²) in [6, 6.07) is 0.350. The van der Waals surface area contributed by atoms with Gasteiger partial charge in [0, 0.05) is 19.0 Å². The van der Waals surface area contributed by atoms with Crippen LogP contribution in [0.15, 0.2) is 0 Å². The van der Waals surface area contributed by atoms with Gasteiger partial charge in [-0.15, -0.1) is 0 Å². The van der Waals surface area contributed by atoms with Crippen molar-refractivity contribution in [3.8, 4) is 0 Å². The van der Waals surface area contributed by atoms with E-state index in [2.05, 4.69) is 10.2 Å². The molecule has 0 aromatic heterocycles. The van der Waals surface area contributed by atoms with Gasteiger partial charge in [0.2, 0.25) is 5.91 Å². The molecule has 1 atom stereocenters. The minimum Gasteiger partial charge on any atom is -0.352 e. The quantitative estimate of drug-likeness (QED) is 0.760. The molecule has 2 aliphatic heterocycles. The molecule has 1 aliphatic carbocycles. The molecule has 96 valence electrons. The highest BCUT2D eigenvalue weighted by Gasteiger charge is 2.45. The minimum absolute atomic E-state index is 0.0808. The molecule has 2 saturated heterocycles. The molecule has 0 aromatic rings. The number of carbonyl (C=O) groups excluding carboxylic acids is 1. The van der Waals surface area contributed by atoms with Crippen molar-refractivity contribution in [2.45, 2.75) is 44.1 Å². The monoisotopic (exact) mass is 240 g/mol. The van der Waals surface area contributed by atoms with Crippen LogP contribution in [0.2, 0.25) is 0 Å². The van der Waals surface area contributed by atoms with Crippen molar-refractivity contribution in [1.29, 1.82) is 0 Å². The molecule has 0 bridgehead atoms. The summed E-state index contributed by atoms with van der Waals surface area (Å²) in [5.74, 6) is -0.281. The summed E-state index contributed by atoms with van der Waals surface area (Å²) < 4.78 is 11.3. The number of rotatable bonds is 3. The number of likely N-dealkylation sites (tertiary alicyclic amines) is 1. The molecular formula is C12H20N2O3. The maximum absolute atomic E-state index is 11.9. The summed E-state index contributed by atoms with van der Waals surface area (Å²) in [5, 5.41) is 3.05. The lowest BCUT2D eigenvalue weighted by atomic mass is 10.2. The van der Waals surface area contributed by atoms with E-state index in [-0.39, 0.29) is 11.9 Å². The van der Waals surface area contributed by atoms with E-state index in [4.69, 9.17) is 9.47 Å². The lowest BCUT2D eigenvalue weighted by Crippen LogP contribution is -2.46. The zero-order chi connectivity index (χ0) is 11.9. The third-order valence-electron chi connectivity index (χ3n) is 3.89. The molecule has 5 nitrogen and oxygen atoms in total. The molecule has 17 heavy (non-hydrogen) atoms. The molecule has 1 saturated carbocycles. The first-order chi connectivity index (χ1) is 8.19. The molecule has 3 aliphatic rings. The van der Waals surface area contributed by atoms with Gasteiger partial charge in [0.05, 0.1) is 25.8 Å². The molecule has 1 unspecified atom stereocenters. The fourth-order valence-corrected chi connectivity index (χ4v) is 2.56. The highest BCUT2D eigenvalue weighted by molar-refractivity contribution is 5.81. The normalized spacial score (nSPS) is 29.7. The van der Waals surface area contributed by atoms with Gasteiger partial charge in [0.25, 0.3) is 0 Å². The second kappa shape index (κ2) is 4.23. The summed E-state index contributed by atoms with van der Waals surface area (Å²) in [4.78, 5) is 14.1. The average molecular weight is 240 g/mol. The Balaban J connectivity index is 1.55. The van der Waals surface area contributed by atoms with Gasteiger partial charge >= 0.3 is 0 Å². The first-order valence-electron chi connectivity index (χ1n) is 6.51. The van der Waals surface area contributed by atoms with Crippen molar-refractivity contribution in [3.63, 3.8) is 0 Å². The van der Waals surface area contributed by atoms with Gasteiger partial charge in [0.1, 0.15) is 0 Å². The van der Waals surface area contributed by atoms with Crippen LogP contribution in [0.25, 0.3) is 0 Å². The van der Waals surface area contributed by atoms with E-state index in [1.807, 2.05) is 6.92 Å². The largest absolute Gasteiger partial charge is 0.352 e. The van der Waals surface area contributed by atoms with Crippen LogP contribution in [0.4, 0.5) is 0 Å². The number of hydrogen-bond donors (Lipinski definition) is 1. The first kappa shape index (κ1) is 11.4. The Labute approximate surface area is 101 Å². The maximum Gasteiger partial charge on any atom is 0.237 e. The Morgan fingerprint density at radius 1 is 1.41 bits per heavy atom.